The van der Waals surface area contributed by atoms with Crippen molar-refractivity contribution >= 4 is 16.8 Å². The first-order valence-electron chi connectivity index (χ1n) is 6.98. The summed E-state index contributed by atoms with van der Waals surface area (Å²) < 4.78 is 1.88. The zero-order valence-corrected chi connectivity index (χ0v) is 12.6. The number of H-pyrrole nitrogens is 2. The molecule has 0 aliphatic carbocycles. The molecular formula is C15H17N5O2. The highest BCUT2D eigenvalue weighted by molar-refractivity contribution is 5.99. The number of carbonyl (C=O) groups excluding carboxylic acids is 1. The largest absolute Gasteiger partial charge is 0.341 e. The Labute approximate surface area is 126 Å². The Morgan fingerprint density at radius 3 is 2.82 bits per heavy atom. The molecule has 0 unspecified atom stereocenters. The third kappa shape index (κ3) is 2.30. The van der Waals surface area contributed by atoms with Gasteiger partial charge in [-0.05, 0) is 25.5 Å². The molecular weight excluding hydrogens is 282 g/mol. The van der Waals surface area contributed by atoms with Gasteiger partial charge < -0.3 is 9.88 Å². The monoisotopic (exact) mass is 299 g/mol. The van der Waals surface area contributed by atoms with Gasteiger partial charge in [0.1, 0.15) is 5.69 Å². The Morgan fingerprint density at radius 2 is 2.18 bits per heavy atom. The van der Waals surface area contributed by atoms with Crippen molar-refractivity contribution in [3.63, 3.8) is 0 Å². The van der Waals surface area contributed by atoms with Crippen molar-refractivity contribution in [1.82, 2.24) is 25.1 Å². The quantitative estimate of drug-likeness (QED) is 0.682. The van der Waals surface area contributed by atoms with E-state index in [0.29, 0.717) is 11.5 Å². The molecule has 22 heavy (non-hydrogen) atoms. The summed E-state index contributed by atoms with van der Waals surface area (Å²) in [5.74, 6) is 0.183. The molecule has 2 aromatic heterocycles. The van der Waals surface area contributed by atoms with E-state index in [0.717, 1.165) is 16.5 Å². The zero-order chi connectivity index (χ0) is 15.9. The molecule has 0 saturated carbocycles. The highest BCUT2D eigenvalue weighted by Gasteiger charge is 2.18. The van der Waals surface area contributed by atoms with Crippen molar-refractivity contribution in [3.8, 4) is 0 Å². The van der Waals surface area contributed by atoms with E-state index in [1.807, 2.05) is 42.8 Å². The van der Waals surface area contributed by atoms with E-state index in [9.17, 15) is 9.59 Å². The summed E-state index contributed by atoms with van der Waals surface area (Å²) in [4.78, 5) is 26.1. The van der Waals surface area contributed by atoms with Crippen molar-refractivity contribution in [2.45, 2.75) is 19.9 Å². The first kappa shape index (κ1) is 14.1. The lowest BCUT2D eigenvalue weighted by Gasteiger charge is -2.11. The highest BCUT2D eigenvalue weighted by atomic mass is 16.2. The highest BCUT2D eigenvalue weighted by Crippen LogP contribution is 2.22. The van der Waals surface area contributed by atoms with Crippen LogP contribution in [0.4, 0.5) is 0 Å². The standard InChI is InChI=1S/C15H17N5O2/c1-8-5-4-6-10-7-11(20(3)12(8)10)14(21)16-9(2)13-17-15(22)19-18-13/h4-7,9H,1-3H3,(H,16,21)(H2,17,18,19,22)/t9-/m0/s1. The van der Waals surface area contributed by atoms with Gasteiger partial charge in [0.2, 0.25) is 0 Å². The minimum atomic E-state index is -0.398. The van der Waals surface area contributed by atoms with Crippen LogP contribution in [0.2, 0.25) is 0 Å². The maximum atomic E-state index is 12.5. The van der Waals surface area contributed by atoms with E-state index in [1.165, 1.54) is 0 Å². The van der Waals surface area contributed by atoms with Gasteiger partial charge >= 0.3 is 5.69 Å². The normalized spacial score (nSPS) is 12.5. The van der Waals surface area contributed by atoms with Crippen molar-refractivity contribution in [1.29, 1.82) is 0 Å². The second kappa shape index (κ2) is 5.18. The molecule has 7 nitrogen and oxygen atoms in total. The minimum Gasteiger partial charge on any atom is -0.341 e. The average Bonchev–Trinajstić information content (AvgIpc) is 3.04. The predicted molar refractivity (Wildman–Crippen MR) is 82.7 cm³/mol. The molecule has 0 radical (unpaired) electrons. The lowest BCUT2D eigenvalue weighted by Crippen LogP contribution is -2.29. The lowest BCUT2D eigenvalue weighted by atomic mass is 10.2. The van der Waals surface area contributed by atoms with Crippen molar-refractivity contribution in [2.24, 2.45) is 7.05 Å². The first-order valence-corrected chi connectivity index (χ1v) is 6.98. The van der Waals surface area contributed by atoms with Gasteiger partial charge in [-0.25, -0.2) is 9.89 Å². The number of benzene rings is 1. The molecule has 0 fully saturated rings. The van der Waals surface area contributed by atoms with Crippen LogP contribution in [0.5, 0.6) is 0 Å². The summed E-state index contributed by atoms with van der Waals surface area (Å²) in [7, 11) is 1.87. The number of amides is 1. The van der Waals surface area contributed by atoms with Crippen LogP contribution in [0.15, 0.2) is 29.1 Å². The number of fused-ring (bicyclic) bond motifs is 1. The maximum absolute atomic E-state index is 12.5. The predicted octanol–water partition coefficient (Wildman–Crippen LogP) is 1.39. The number of nitrogens with zero attached hydrogens (tertiary/aromatic N) is 2. The molecule has 7 heteroatoms. The minimum absolute atomic E-state index is 0.213. The van der Waals surface area contributed by atoms with Crippen molar-refractivity contribution in [3.05, 3.63) is 51.8 Å². The van der Waals surface area contributed by atoms with Crippen molar-refractivity contribution < 1.29 is 4.79 Å². The van der Waals surface area contributed by atoms with Gasteiger partial charge in [0.15, 0.2) is 5.82 Å². The summed E-state index contributed by atoms with van der Waals surface area (Å²) in [6.07, 6.45) is 0. The molecule has 3 rings (SSSR count). The number of aryl methyl sites for hydroxylation is 2. The molecule has 114 valence electrons. The average molecular weight is 299 g/mol. The second-order valence-electron chi connectivity index (χ2n) is 5.36. The van der Waals surface area contributed by atoms with E-state index in [1.54, 1.807) is 6.92 Å². The Morgan fingerprint density at radius 1 is 1.41 bits per heavy atom. The molecule has 3 N–H and O–H groups in total. The molecule has 0 aliphatic rings. The Kier molecular flexibility index (Phi) is 3.32. The summed E-state index contributed by atoms with van der Waals surface area (Å²) in [6.45, 7) is 3.78. The third-order valence-electron chi connectivity index (χ3n) is 3.77. The second-order valence-corrected chi connectivity index (χ2v) is 5.36. The van der Waals surface area contributed by atoms with Gasteiger partial charge in [-0.2, -0.15) is 5.10 Å². The fraction of sp³-hybridized carbons (Fsp3) is 0.267. The first-order chi connectivity index (χ1) is 10.5. The number of hydrogen-bond donors (Lipinski definition) is 3. The summed E-state index contributed by atoms with van der Waals surface area (Å²) in [5, 5.41) is 9.97. The Bertz CT molecular complexity index is 902. The number of nitrogens with one attached hydrogen (secondary N) is 3. The molecule has 1 amide bonds. The third-order valence-corrected chi connectivity index (χ3v) is 3.77. The summed E-state index contributed by atoms with van der Waals surface area (Å²) >= 11 is 0. The van der Waals surface area contributed by atoms with Crippen LogP contribution in [0, 0.1) is 6.92 Å². The van der Waals surface area contributed by atoms with Gasteiger partial charge in [0.05, 0.1) is 11.6 Å². The van der Waals surface area contributed by atoms with E-state index >= 15 is 0 Å². The summed E-state index contributed by atoms with van der Waals surface area (Å²) in [5.41, 5.74) is 2.32. The van der Waals surface area contributed by atoms with Crippen LogP contribution in [0.3, 0.4) is 0 Å². The number of rotatable bonds is 3. The summed E-state index contributed by atoms with van der Waals surface area (Å²) in [6, 6.07) is 7.42. The van der Waals surface area contributed by atoms with Crippen molar-refractivity contribution in [2.75, 3.05) is 0 Å². The van der Waals surface area contributed by atoms with E-state index in [-0.39, 0.29) is 5.91 Å². The molecule has 1 aromatic carbocycles. The van der Waals surface area contributed by atoms with Gasteiger partial charge in [0, 0.05) is 12.4 Å². The fourth-order valence-electron chi connectivity index (χ4n) is 2.67. The lowest BCUT2D eigenvalue weighted by molar-refractivity contribution is 0.0930. The number of hydrogen-bond acceptors (Lipinski definition) is 3. The van der Waals surface area contributed by atoms with Gasteiger partial charge in [-0.15, -0.1) is 0 Å². The van der Waals surface area contributed by atoms with E-state index < -0.39 is 11.7 Å². The molecule has 0 aliphatic heterocycles. The number of aromatic amines is 2. The van der Waals surface area contributed by atoms with Crippen LogP contribution in [0.1, 0.15) is 34.8 Å². The molecule has 0 bridgehead atoms. The van der Waals surface area contributed by atoms with Crippen LogP contribution < -0.4 is 11.0 Å². The van der Waals surface area contributed by atoms with Gasteiger partial charge in [0.25, 0.3) is 5.91 Å². The molecule has 1 atom stereocenters. The molecule has 3 aromatic rings. The number of para-hydroxylation sites is 1. The van der Waals surface area contributed by atoms with E-state index in [4.69, 9.17) is 0 Å². The fourth-order valence-corrected chi connectivity index (χ4v) is 2.67. The number of carbonyl (C=O) groups is 1. The Balaban J connectivity index is 1.91. The SMILES string of the molecule is Cc1cccc2cc(C(=O)N[C@@H](C)c3n[nH]c(=O)[nH]3)n(C)c12. The zero-order valence-electron chi connectivity index (χ0n) is 12.6. The molecule has 0 spiro atoms. The number of aromatic nitrogens is 4. The van der Waals surface area contributed by atoms with Gasteiger partial charge in [-0.3, -0.25) is 9.78 Å². The van der Waals surface area contributed by atoms with Crippen LogP contribution in [-0.2, 0) is 7.05 Å². The smallest absolute Gasteiger partial charge is 0.340 e. The van der Waals surface area contributed by atoms with E-state index in [2.05, 4.69) is 20.5 Å². The van der Waals surface area contributed by atoms with Gasteiger partial charge in [-0.1, -0.05) is 18.2 Å². The maximum Gasteiger partial charge on any atom is 0.340 e. The molecule has 2 heterocycles. The van der Waals surface area contributed by atoms with Crippen LogP contribution >= 0.6 is 0 Å². The topological polar surface area (TPSA) is 95.6 Å². The Hall–Kier alpha value is -2.83. The molecule has 0 saturated heterocycles. The van der Waals surface area contributed by atoms with Crippen LogP contribution in [0.25, 0.3) is 10.9 Å². The van der Waals surface area contributed by atoms with Crippen LogP contribution in [-0.4, -0.2) is 25.7 Å².